The first kappa shape index (κ1) is 21.0. The van der Waals surface area contributed by atoms with E-state index in [-0.39, 0.29) is 24.8 Å². The highest BCUT2D eigenvalue weighted by atomic mass is 16.5. The summed E-state index contributed by atoms with van der Waals surface area (Å²) < 4.78 is 5.40. The number of piperidine rings is 1. The van der Waals surface area contributed by atoms with E-state index in [4.69, 9.17) is 4.74 Å². The van der Waals surface area contributed by atoms with Crippen LogP contribution in [0.2, 0.25) is 0 Å². The Morgan fingerprint density at radius 3 is 2.72 bits per heavy atom. The number of hydrogen-bond donors (Lipinski definition) is 2. The monoisotopic (exact) mass is 439 g/mol. The lowest BCUT2D eigenvalue weighted by atomic mass is 9.61. The van der Waals surface area contributed by atoms with Gasteiger partial charge in [-0.05, 0) is 60.6 Å². The summed E-state index contributed by atoms with van der Waals surface area (Å²) in [6.45, 7) is 1.09. The van der Waals surface area contributed by atoms with Gasteiger partial charge in [0, 0.05) is 25.1 Å². The fourth-order valence-electron chi connectivity index (χ4n) is 5.95. The molecular formula is C24H29N3O5. The van der Waals surface area contributed by atoms with Gasteiger partial charge in [0.1, 0.15) is 6.04 Å². The van der Waals surface area contributed by atoms with Gasteiger partial charge >= 0.3 is 6.09 Å². The summed E-state index contributed by atoms with van der Waals surface area (Å²) in [6.07, 6.45) is 7.82. The van der Waals surface area contributed by atoms with E-state index in [2.05, 4.69) is 10.6 Å². The maximum absolute atomic E-state index is 12.9. The van der Waals surface area contributed by atoms with Crippen molar-refractivity contribution in [3.05, 3.63) is 34.9 Å². The molecule has 1 aromatic rings. The van der Waals surface area contributed by atoms with Crippen LogP contribution < -0.4 is 10.6 Å². The average molecular weight is 440 g/mol. The molecule has 1 spiro atoms. The lowest BCUT2D eigenvalue weighted by Gasteiger charge is -2.45. The van der Waals surface area contributed by atoms with Crippen LogP contribution in [0.15, 0.2) is 18.2 Å². The van der Waals surface area contributed by atoms with Gasteiger partial charge in [0.15, 0.2) is 0 Å². The van der Waals surface area contributed by atoms with Gasteiger partial charge in [0.25, 0.3) is 5.91 Å². The van der Waals surface area contributed by atoms with E-state index in [9.17, 15) is 19.2 Å². The highest BCUT2D eigenvalue weighted by Gasteiger charge is 2.45. The van der Waals surface area contributed by atoms with Crippen LogP contribution in [-0.4, -0.2) is 41.4 Å². The van der Waals surface area contributed by atoms with Gasteiger partial charge in [-0.3, -0.25) is 19.7 Å². The van der Waals surface area contributed by atoms with E-state index in [0.29, 0.717) is 36.5 Å². The number of rotatable bonds is 5. The molecule has 4 aliphatic rings. The van der Waals surface area contributed by atoms with Gasteiger partial charge in [-0.15, -0.1) is 0 Å². The number of benzene rings is 1. The fourth-order valence-corrected chi connectivity index (χ4v) is 5.95. The molecule has 2 N–H and O–H groups in total. The topological polar surface area (TPSA) is 105 Å². The van der Waals surface area contributed by atoms with Gasteiger partial charge in [-0.25, -0.2) is 4.79 Å². The maximum Gasteiger partial charge on any atom is 0.407 e. The minimum absolute atomic E-state index is 0.218. The molecule has 5 rings (SSSR count). The van der Waals surface area contributed by atoms with Crippen LogP contribution in [-0.2, 0) is 27.4 Å². The third kappa shape index (κ3) is 3.98. The Bertz CT molecular complexity index is 960. The normalized spacial score (nSPS) is 24.3. The van der Waals surface area contributed by atoms with Crippen LogP contribution >= 0.6 is 0 Å². The standard InChI is InChI=1S/C24H29N3O5/c28-20-6-5-19(21(29)26-20)27-13-17-4-3-15(9-18(17)22(27)30)12-25-23(31)32-14-16-10-24(11-16)7-1-2-8-24/h3-4,9,16,19H,1-2,5-8,10-14H2,(H,25,31)(H,26,28,29). The summed E-state index contributed by atoms with van der Waals surface area (Å²) in [5, 5.41) is 5.08. The van der Waals surface area contributed by atoms with Crippen molar-refractivity contribution < 1.29 is 23.9 Å². The molecule has 0 bridgehead atoms. The second-order valence-electron chi connectivity index (χ2n) is 9.82. The molecule has 2 heterocycles. The van der Waals surface area contributed by atoms with Crippen molar-refractivity contribution in [2.24, 2.45) is 11.3 Å². The SMILES string of the molecule is O=C1CCC(N2Cc3ccc(CNC(=O)OCC4CC5(CCCC5)C4)cc3C2=O)C(=O)N1. The number of carbonyl (C=O) groups is 4. The minimum Gasteiger partial charge on any atom is -0.449 e. The van der Waals surface area contributed by atoms with Crippen molar-refractivity contribution >= 4 is 23.8 Å². The molecule has 32 heavy (non-hydrogen) atoms. The predicted molar refractivity (Wildman–Crippen MR) is 114 cm³/mol. The molecule has 1 saturated heterocycles. The number of fused-ring (bicyclic) bond motifs is 1. The predicted octanol–water partition coefficient (Wildman–Crippen LogP) is 2.64. The smallest absolute Gasteiger partial charge is 0.407 e. The van der Waals surface area contributed by atoms with Crippen LogP contribution in [0, 0.1) is 11.3 Å². The molecule has 0 aromatic heterocycles. The van der Waals surface area contributed by atoms with Crippen molar-refractivity contribution in [2.75, 3.05) is 6.61 Å². The molecular weight excluding hydrogens is 410 g/mol. The van der Waals surface area contributed by atoms with Gasteiger partial charge in [-0.1, -0.05) is 25.0 Å². The molecule has 2 saturated carbocycles. The number of alkyl carbamates (subject to hydrolysis) is 1. The van der Waals surface area contributed by atoms with Crippen LogP contribution in [0.1, 0.15) is 72.9 Å². The zero-order valence-corrected chi connectivity index (χ0v) is 18.2. The van der Waals surface area contributed by atoms with E-state index in [1.165, 1.54) is 43.4 Å². The summed E-state index contributed by atoms with van der Waals surface area (Å²) in [4.78, 5) is 50.1. The highest BCUT2D eigenvalue weighted by Crippen LogP contribution is 2.56. The number of nitrogens with one attached hydrogen (secondary N) is 2. The van der Waals surface area contributed by atoms with Gasteiger partial charge in [-0.2, -0.15) is 0 Å². The summed E-state index contributed by atoms with van der Waals surface area (Å²) in [5.74, 6) is -0.456. The Kier molecular flexibility index (Phi) is 5.39. The number of hydrogen-bond acceptors (Lipinski definition) is 5. The van der Waals surface area contributed by atoms with Gasteiger partial charge in [0.05, 0.1) is 6.61 Å². The number of amides is 4. The quantitative estimate of drug-likeness (QED) is 0.687. The maximum atomic E-state index is 12.9. The minimum atomic E-state index is -0.626. The Morgan fingerprint density at radius 1 is 1.19 bits per heavy atom. The van der Waals surface area contributed by atoms with Gasteiger partial charge < -0.3 is 15.0 Å². The molecule has 170 valence electrons. The summed E-state index contributed by atoms with van der Waals surface area (Å²) >= 11 is 0. The Hall–Kier alpha value is -2.90. The molecule has 8 heteroatoms. The van der Waals surface area contributed by atoms with Crippen molar-refractivity contribution in [3.8, 4) is 0 Å². The molecule has 1 unspecified atom stereocenters. The van der Waals surface area contributed by atoms with Gasteiger partial charge in [0.2, 0.25) is 11.8 Å². The van der Waals surface area contributed by atoms with Crippen molar-refractivity contribution in [3.63, 3.8) is 0 Å². The Morgan fingerprint density at radius 2 is 1.97 bits per heavy atom. The molecule has 1 aromatic carbocycles. The van der Waals surface area contributed by atoms with Crippen LogP contribution in [0.5, 0.6) is 0 Å². The average Bonchev–Trinajstić information content (AvgIpc) is 3.36. The Labute approximate surface area is 187 Å². The van der Waals surface area contributed by atoms with Crippen molar-refractivity contribution in [1.82, 2.24) is 15.5 Å². The second kappa shape index (κ2) is 8.22. The lowest BCUT2D eigenvalue weighted by molar-refractivity contribution is -0.136. The molecule has 3 fully saturated rings. The third-order valence-corrected chi connectivity index (χ3v) is 7.59. The number of ether oxygens (including phenoxy) is 1. The molecule has 2 aliphatic carbocycles. The van der Waals surface area contributed by atoms with Crippen molar-refractivity contribution in [2.45, 2.75) is 70.5 Å². The second-order valence-corrected chi connectivity index (χ2v) is 9.82. The Balaban J connectivity index is 1.11. The van der Waals surface area contributed by atoms with E-state index in [0.717, 1.165) is 11.1 Å². The number of carbonyl (C=O) groups excluding carboxylic acids is 4. The summed E-state index contributed by atoms with van der Waals surface area (Å²) in [6, 6.07) is 4.87. The number of nitrogens with zero attached hydrogens (tertiary/aromatic N) is 1. The van der Waals surface area contributed by atoms with Crippen LogP contribution in [0.4, 0.5) is 4.79 Å². The molecule has 0 radical (unpaired) electrons. The largest absolute Gasteiger partial charge is 0.449 e. The fraction of sp³-hybridized carbons (Fsp3) is 0.583. The number of imide groups is 1. The zero-order chi connectivity index (χ0) is 22.3. The summed E-state index contributed by atoms with van der Waals surface area (Å²) in [5.41, 5.74) is 2.73. The highest BCUT2D eigenvalue weighted by molar-refractivity contribution is 6.05. The molecule has 2 aliphatic heterocycles. The van der Waals surface area contributed by atoms with E-state index in [1.54, 1.807) is 6.07 Å². The first-order valence-corrected chi connectivity index (χ1v) is 11.6. The third-order valence-electron chi connectivity index (χ3n) is 7.59. The lowest BCUT2D eigenvalue weighted by Crippen LogP contribution is -2.52. The zero-order valence-electron chi connectivity index (χ0n) is 18.2. The van der Waals surface area contributed by atoms with Crippen molar-refractivity contribution in [1.29, 1.82) is 0 Å². The first-order valence-electron chi connectivity index (χ1n) is 11.6. The van der Waals surface area contributed by atoms with E-state index in [1.807, 2.05) is 12.1 Å². The van der Waals surface area contributed by atoms with E-state index >= 15 is 0 Å². The first-order chi connectivity index (χ1) is 15.4. The van der Waals surface area contributed by atoms with Crippen LogP contribution in [0.25, 0.3) is 0 Å². The van der Waals surface area contributed by atoms with E-state index < -0.39 is 18.0 Å². The summed E-state index contributed by atoms with van der Waals surface area (Å²) in [7, 11) is 0. The molecule has 8 nitrogen and oxygen atoms in total. The van der Waals surface area contributed by atoms with Crippen LogP contribution in [0.3, 0.4) is 0 Å². The molecule has 1 atom stereocenters. The molecule has 4 amide bonds.